The van der Waals surface area contributed by atoms with Crippen molar-refractivity contribution in [3.63, 3.8) is 0 Å². The second-order valence-corrected chi connectivity index (χ2v) is 7.38. The van der Waals surface area contributed by atoms with E-state index < -0.39 is 16.0 Å². The van der Waals surface area contributed by atoms with Crippen LogP contribution >= 0.6 is 0 Å². The molecule has 0 aliphatic rings. The SMILES string of the molecule is CCOC(=O)c1cccc(N(CC)S(=O)(=O)c2ccc(OC)cc2)c1C. The van der Waals surface area contributed by atoms with Crippen molar-refractivity contribution < 1.29 is 22.7 Å². The fourth-order valence-corrected chi connectivity index (χ4v) is 4.20. The first-order chi connectivity index (χ1) is 12.4. The van der Waals surface area contributed by atoms with E-state index >= 15 is 0 Å². The number of hydrogen-bond acceptors (Lipinski definition) is 5. The summed E-state index contributed by atoms with van der Waals surface area (Å²) in [7, 11) is -2.26. The van der Waals surface area contributed by atoms with Crippen molar-refractivity contribution in [3.05, 3.63) is 53.6 Å². The van der Waals surface area contributed by atoms with E-state index in [0.29, 0.717) is 22.6 Å². The Hall–Kier alpha value is -2.54. The minimum atomic E-state index is -3.78. The van der Waals surface area contributed by atoms with E-state index in [2.05, 4.69) is 0 Å². The first-order valence-corrected chi connectivity index (χ1v) is 9.74. The first-order valence-electron chi connectivity index (χ1n) is 8.30. The van der Waals surface area contributed by atoms with Crippen molar-refractivity contribution in [2.24, 2.45) is 0 Å². The van der Waals surface area contributed by atoms with Gasteiger partial charge in [0.25, 0.3) is 10.0 Å². The van der Waals surface area contributed by atoms with Gasteiger partial charge in [-0.25, -0.2) is 13.2 Å². The van der Waals surface area contributed by atoms with Crippen LogP contribution in [0.3, 0.4) is 0 Å². The fraction of sp³-hybridized carbons (Fsp3) is 0.316. The van der Waals surface area contributed by atoms with Crippen LogP contribution < -0.4 is 9.04 Å². The molecule has 0 saturated heterocycles. The second kappa shape index (κ2) is 8.23. The quantitative estimate of drug-likeness (QED) is 0.692. The zero-order valence-corrected chi connectivity index (χ0v) is 16.2. The van der Waals surface area contributed by atoms with Crippen LogP contribution in [0.5, 0.6) is 5.75 Å². The minimum absolute atomic E-state index is 0.154. The molecule has 0 N–H and O–H groups in total. The minimum Gasteiger partial charge on any atom is -0.497 e. The molecule has 26 heavy (non-hydrogen) atoms. The highest BCUT2D eigenvalue weighted by Crippen LogP contribution is 2.29. The summed E-state index contributed by atoms with van der Waals surface area (Å²) in [6.45, 7) is 5.67. The van der Waals surface area contributed by atoms with Crippen LogP contribution in [0.25, 0.3) is 0 Å². The van der Waals surface area contributed by atoms with E-state index in [4.69, 9.17) is 9.47 Å². The van der Waals surface area contributed by atoms with Gasteiger partial charge in [0.15, 0.2) is 0 Å². The summed E-state index contributed by atoms with van der Waals surface area (Å²) in [4.78, 5) is 12.3. The zero-order chi connectivity index (χ0) is 19.3. The van der Waals surface area contributed by atoms with Crippen molar-refractivity contribution in [2.75, 3.05) is 24.6 Å². The van der Waals surface area contributed by atoms with Gasteiger partial charge in [0.05, 0.1) is 29.9 Å². The number of methoxy groups -OCH3 is 1. The highest BCUT2D eigenvalue weighted by atomic mass is 32.2. The van der Waals surface area contributed by atoms with Gasteiger partial charge < -0.3 is 9.47 Å². The van der Waals surface area contributed by atoms with E-state index in [1.807, 2.05) is 0 Å². The molecule has 2 aromatic carbocycles. The monoisotopic (exact) mass is 377 g/mol. The number of hydrogen-bond donors (Lipinski definition) is 0. The molecular weight excluding hydrogens is 354 g/mol. The maximum Gasteiger partial charge on any atom is 0.338 e. The molecule has 0 aliphatic carbocycles. The lowest BCUT2D eigenvalue weighted by molar-refractivity contribution is 0.0525. The smallest absolute Gasteiger partial charge is 0.338 e. The van der Waals surface area contributed by atoms with E-state index in [-0.39, 0.29) is 18.0 Å². The average molecular weight is 377 g/mol. The Labute approximate surface area is 154 Å². The van der Waals surface area contributed by atoms with Gasteiger partial charge in [0, 0.05) is 6.54 Å². The van der Waals surface area contributed by atoms with Crippen molar-refractivity contribution >= 4 is 21.7 Å². The standard InChI is InChI=1S/C19H23NO5S/c1-5-20(26(22,23)16-12-10-15(24-4)11-13-16)18-9-7-8-17(14(18)3)19(21)25-6-2/h7-13H,5-6H2,1-4H3. The van der Waals surface area contributed by atoms with Crippen LogP contribution in [-0.4, -0.2) is 34.6 Å². The zero-order valence-electron chi connectivity index (χ0n) is 15.4. The fourth-order valence-electron chi connectivity index (χ4n) is 2.67. The maximum atomic E-state index is 13.1. The maximum absolute atomic E-state index is 13.1. The molecule has 0 saturated carbocycles. The molecule has 6 nitrogen and oxygen atoms in total. The lowest BCUT2D eigenvalue weighted by Gasteiger charge is -2.25. The van der Waals surface area contributed by atoms with Gasteiger partial charge in [-0.05, 0) is 62.7 Å². The molecule has 0 atom stereocenters. The van der Waals surface area contributed by atoms with Crippen molar-refractivity contribution in [3.8, 4) is 5.75 Å². The summed E-state index contributed by atoms with van der Waals surface area (Å²) in [5.74, 6) is 0.109. The van der Waals surface area contributed by atoms with Crippen LogP contribution in [-0.2, 0) is 14.8 Å². The second-order valence-electron chi connectivity index (χ2n) is 5.52. The lowest BCUT2D eigenvalue weighted by Crippen LogP contribution is -2.31. The number of benzene rings is 2. The molecule has 0 heterocycles. The molecular formula is C19H23NO5S. The van der Waals surface area contributed by atoms with Crippen molar-refractivity contribution in [2.45, 2.75) is 25.7 Å². The molecule has 0 aliphatic heterocycles. The number of ether oxygens (including phenoxy) is 2. The molecule has 2 aromatic rings. The van der Waals surface area contributed by atoms with Gasteiger partial charge in [0.2, 0.25) is 0 Å². The Morgan fingerprint density at radius 1 is 1.08 bits per heavy atom. The van der Waals surface area contributed by atoms with Gasteiger partial charge in [0.1, 0.15) is 5.75 Å². The summed E-state index contributed by atoms with van der Waals surface area (Å²) < 4.78 is 37.6. The highest BCUT2D eigenvalue weighted by molar-refractivity contribution is 7.92. The summed E-state index contributed by atoms with van der Waals surface area (Å²) in [5.41, 5.74) is 1.37. The lowest BCUT2D eigenvalue weighted by atomic mass is 10.1. The summed E-state index contributed by atoms with van der Waals surface area (Å²) in [6.07, 6.45) is 0. The summed E-state index contributed by atoms with van der Waals surface area (Å²) in [6, 6.07) is 11.2. The third-order valence-electron chi connectivity index (χ3n) is 4.00. The largest absolute Gasteiger partial charge is 0.497 e. The van der Waals surface area contributed by atoms with Gasteiger partial charge in [-0.2, -0.15) is 0 Å². The topological polar surface area (TPSA) is 72.9 Å². The van der Waals surface area contributed by atoms with E-state index in [1.54, 1.807) is 51.1 Å². The molecule has 140 valence electrons. The third-order valence-corrected chi connectivity index (χ3v) is 5.91. The van der Waals surface area contributed by atoms with E-state index in [1.165, 1.54) is 23.5 Å². The molecule has 2 rings (SSSR count). The number of nitrogens with zero attached hydrogens (tertiary/aromatic N) is 1. The molecule has 0 fully saturated rings. The van der Waals surface area contributed by atoms with E-state index in [9.17, 15) is 13.2 Å². The number of esters is 1. The van der Waals surface area contributed by atoms with Crippen molar-refractivity contribution in [1.82, 2.24) is 0 Å². The van der Waals surface area contributed by atoms with Gasteiger partial charge in [-0.15, -0.1) is 0 Å². The van der Waals surface area contributed by atoms with Crippen LogP contribution in [0.1, 0.15) is 29.8 Å². The molecule has 0 unspecified atom stereocenters. The summed E-state index contributed by atoms with van der Waals surface area (Å²) in [5, 5.41) is 0. The Morgan fingerprint density at radius 3 is 2.27 bits per heavy atom. The van der Waals surface area contributed by atoms with Crippen LogP contribution in [0.15, 0.2) is 47.4 Å². The Kier molecular flexibility index (Phi) is 6.26. The van der Waals surface area contributed by atoms with E-state index in [0.717, 1.165) is 0 Å². The Bertz CT molecular complexity index is 875. The number of carbonyl (C=O) groups is 1. The van der Waals surface area contributed by atoms with Gasteiger partial charge in [-0.1, -0.05) is 6.07 Å². The number of carbonyl (C=O) groups excluding carboxylic acids is 1. The van der Waals surface area contributed by atoms with Crippen molar-refractivity contribution in [1.29, 1.82) is 0 Å². The van der Waals surface area contributed by atoms with Crippen LogP contribution in [0.2, 0.25) is 0 Å². The Morgan fingerprint density at radius 2 is 1.73 bits per heavy atom. The van der Waals surface area contributed by atoms with Gasteiger partial charge >= 0.3 is 5.97 Å². The molecule has 0 aromatic heterocycles. The van der Waals surface area contributed by atoms with Crippen LogP contribution in [0, 0.1) is 6.92 Å². The molecule has 0 spiro atoms. The molecule has 0 amide bonds. The molecule has 0 radical (unpaired) electrons. The number of sulfonamides is 1. The van der Waals surface area contributed by atoms with Crippen LogP contribution in [0.4, 0.5) is 5.69 Å². The molecule has 0 bridgehead atoms. The number of anilines is 1. The first kappa shape index (κ1) is 19.8. The number of rotatable bonds is 7. The average Bonchev–Trinajstić information content (AvgIpc) is 2.63. The Balaban J connectivity index is 2.50. The normalized spacial score (nSPS) is 11.1. The molecule has 7 heteroatoms. The highest BCUT2D eigenvalue weighted by Gasteiger charge is 2.26. The predicted molar refractivity (Wildman–Crippen MR) is 100 cm³/mol. The third kappa shape index (κ3) is 3.83. The predicted octanol–water partition coefficient (Wildman–Crippen LogP) is 3.40. The summed E-state index contributed by atoms with van der Waals surface area (Å²) >= 11 is 0. The van der Waals surface area contributed by atoms with Gasteiger partial charge in [-0.3, -0.25) is 4.31 Å².